The van der Waals surface area contributed by atoms with Gasteiger partial charge in [0.15, 0.2) is 0 Å². The van der Waals surface area contributed by atoms with Crippen molar-refractivity contribution in [3.8, 4) is 0 Å². The highest BCUT2D eigenvalue weighted by atomic mass is 16.5. The van der Waals surface area contributed by atoms with Crippen LogP contribution in [0, 0.1) is 5.92 Å². The van der Waals surface area contributed by atoms with Crippen LogP contribution >= 0.6 is 0 Å². The number of carbonyl (C=O) groups is 4. The Morgan fingerprint density at radius 1 is 1.12 bits per heavy atom. The molecule has 2 aliphatic rings. The summed E-state index contributed by atoms with van der Waals surface area (Å²) in [6.07, 6.45) is 3.54. The first-order chi connectivity index (χ1) is 15.4. The van der Waals surface area contributed by atoms with Crippen molar-refractivity contribution in [2.45, 2.75) is 45.1 Å². The van der Waals surface area contributed by atoms with Crippen molar-refractivity contribution in [3.05, 3.63) is 35.9 Å². The predicted octanol–water partition coefficient (Wildman–Crippen LogP) is 2.00. The van der Waals surface area contributed by atoms with E-state index < -0.39 is 6.04 Å². The van der Waals surface area contributed by atoms with Gasteiger partial charge in [0.05, 0.1) is 19.1 Å². The normalized spacial score (nSPS) is 19.9. The molecule has 0 saturated carbocycles. The zero-order valence-electron chi connectivity index (χ0n) is 19.0. The van der Waals surface area contributed by atoms with Crippen molar-refractivity contribution in [1.29, 1.82) is 0 Å². The Kier molecular flexibility index (Phi) is 8.25. The highest BCUT2D eigenvalue weighted by Crippen LogP contribution is 2.27. The molecule has 2 heterocycles. The first kappa shape index (κ1) is 23.8. The molecular weight excluding hydrogens is 410 g/mol. The molecule has 1 aromatic carbocycles. The molecule has 2 atom stereocenters. The maximum atomic E-state index is 13.5. The third kappa shape index (κ3) is 5.66. The Morgan fingerprint density at radius 2 is 1.88 bits per heavy atom. The highest BCUT2D eigenvalue weighted by molar-refractivity contribution is 5.91. The fourth-order valence-electron chi connectivity index (χ4n) is 4.44. The van der Waals surface area contributed by atoms with Crippen molar-refractivity contribution in [2.24, 2.45) is 5.92 Å². The number of benzene rings is 1. The van der Waals surface area contributed by atoms with E-state index >= 15 is 0 Å². The Balaban J connectivity index is 1.69. The van der Waals surface area contributed by atoms with Crippen molar-refractivity contribution in [1.82, 2.24) is 14.7 Å². The fraction of sp³-hybridized carbons (Fsp3) is 0.583. The van der Waals surface area contributed by atoms with Gasteiger partial charge in [0.25, 0.3) is 0 Å². The lowest BCUT2D eigenvalue weighted by Gasteiger charge is -2.37. The molecule has 2 aliphatic heterocycles. The molecule has 0 spiro atoms. The summed E-state index contributed by atoms with van der Waals surface area (Å²) in [7, 11) is 1.59. The van der Waals surface area contributed by atoms with E-state index in [9.17, 15) is 19.2 Å². The van der Waals surface area contributed by atoms with E-state index in [-0.39, 0.29) is 36.2 Å². The second-order valence-corrected chi connectivity index (χ2v) is 8.48. The van der Waals surface area contributed by atoms with Gasteiger partial charge in [0, 0.05) is 33.1 Å². The number of ether oxygens (including phenoxy) is 1. The van der Waals surface area contributed by atoms with Crippen LogP contribution in [0.25, 0.3) is 0 Å². The number of hydrogen-bond acceptors (Lipinski definition) is 5. The third-order valence-corrected chi connectivity index (χ3v) is 6.16. The monoisotopic (exact) mass is 443 g/mol. The van der Waals surface area contributed by atoms with Crippen LogP contribution in [0.4, 0.5) is 0 Å². The van der Waals surface area contributed by atoms with Crippen LogP contribution in [0.1, 0.15) is 50.6 Å². The molecule has 0 bridgehead atoms. The number of likely N-dealkylation sites (tertiary alicyclic amines) is 2. The SMILES string of the molecule is CCOC(=O)C1CCCN(C(=O)CN(C)C(=O)C(c2ccccc2)N2CCCCC2=O)C1. The van der Waals surface area contributed by atoms with Crippen molar-refractivity contribution < 1.29 is 23.9 Å². The summed E-state index contributed by atoms with van der Waals surface area (Å²) < 4.78 is 5.11. The molecular formula is C24H33N3O5. The lowest BCUT2D eigenvalue weighted by atomic mass is 9.98. The Hall–Kier alpha value is -2.90. The van der Waals surface area contributed by atoms with E-state index in [0.717, 1.165) is 24.8 Å². The second-order valence-electron chi connectivity index (χ2n) is 8.48. The zero-order chi connectivity index (χ0) is 23.1. The summed E-state index contributed by atoms with van der Waals surface area (Å²) in [5, 5.41) is 0. The van der Waals surface area contributed by atoms with Gasteiger partial charge >= 0.3 is 5.97 Å². The van der Waals surface area contributed by atoms with Crippen molar-refractivity contribution in [3.63, 3.8) is 0 Å². The summed E-state index contributed by atoms with van der Waals surface area (Å²) in [6, 6.07) is 8.50. The van der Waals surface area contributed by atoms with Crippen LogP contribution in [0.15, 0.2) is 30.3 Å². The second kappa shape index (κ2) is 11.1. The van der Waals surface area contributed by atoms with Crippen molar-refractivity contribution >= 4 is 23.7 Å². The molecule has 0 aromatic heterocycles. The minimum absolute atomic E-state index is 0.0357. The maximum Gasteiger partial charge on any atom is 0.310 e. The van der Waals surface area contributed by atoms with Gasteiger partial charge in [-0.25, -0.2) is 0 Å². The van der Waals surface area contributed by atoms with Gasteiger partial charge in [0.2, 0.25) is 17.7 Å². The minimum atomic E-state index is -0.740. The average Bonchev–Trinajstić information content (AvgIpc) is 2.81. The molecule has 8 nitrogen and oxygen atoms in total. The Labute approximate surface area is 189 Å². The first-order valence-electron chi connectivity index (χ1n) is 11.5. The molecule has 2 fully saturated rings. The maximum absolute atomic E-state index is 13.5. The van der Waals surface area contributed by atoms with Crippen LogP contribution in [-0.2, 0) is 23.9 Å². The molecule has 2 unspecified atom stereocenters. The number of rotatable bonds is 7. The van der Waals surface area contributed by atoms with Crippen LogP contribution in [-0.4, -0.2) is 78.2 Å². The lowest BCUT2D eigenvalue weighted by molar-refractivity contribution is -0.152. The quantitative estimate of drug-likeness (QED) is 0.602. The molecule has 1 aromatic rings. The van der Waals surface area contributed by atoms with Crippen LogP contribution < -0.4 is 0 Å². The number of esters is 1. The van der Waals surface area contributed by atoms with Gasteiger partial charge < -0.3 is 19.4 Å². The molecule has 0 aliphatic carbocycles. The number of piperidine rings is 2. The minimum Gasteiger partial charge on any atom is -0.466 e. The van der Waals surface area contributed by atoms with Gasteiger partial charge in [-0.3, -0.25) is 19.2 Å². The molecule has 32 heavy (non-hydrogen) atoms. The van der Waals surface area contributed by atoms with Gasteiger partial charge in [-0.2, -0.15) is 0 Å². The number of hydrogen-bond donors (Lipinski definition) is 0. The number of carbonyl (C=O) groups excluding carboxylic acids is 4. The van der Waals surface area contributed by atoms with Crippen LogP contribution in [0.5, 0.6) is 0 Å². The average molecular weight is 444 g/mol. The van der Waals surface area contributed by atoms with Crippen LogP contribution in [0.2, 0.25) is 0 Å². The molecule has 0 radical (unpaired) electrons. The number of nitrogens with zero attached hydrogens (tertiary/aromatic N) is 3. The van der Waals surface area contributed by atoms with E-state index in [2.05, 4.69) is 0 Å². The first-order valence-corrected chi connectivity index (χ1v) is 11.5. The third-order valence-electron chi connectivity index (χ3n) is 6.16. The number of amides is 3. The van der Waals surface area contributed by atoms with E-state index in [1.165, 1.54) is 4.90 Å². The van der Waals surface area contributed by atoms with E-state index in [0.29, 0.717) is 39.1 Å². The van der Waals surface area contributed by atoms with E-state index in [4.69, 9.17) is 4.74 Å². The van der Waals surface area contributed by atoms with E-state index in [1.54, 1.807) is 23.8 Å². The van der Waals surface area contributed by atoms with Gasteiger partial charge in [-0.15, -0.1) is 0 Å². The Bertz CT molecular complexity index is 828. The fourth-order valence-corrected chi connectivity index (χ4v) is 4.44. The summed E-state index contributed by atoms with van der Waals surface area (Å²) in [4.78, 5) is 55.7. The molecule has 3 amide bonds. The van der Waals surface area contributed by atoms with Crippen LogP contribution in [0.3, 0.4) is 0 Å². The largest absolute Gasteiger partial charge is 0.466 e. The zero-order valence-corrected chi connectivity index (χ0v) is 19.0. The number of likely N-dealkylation sites (N-methyl/N-ethyl adjacent to an activating group) is 1. The highest BCUT2D eigenvalue weighted by Gasteiger charge is 2.36. The molecule has 2 saturated heterocycles. The standard InChI is InChI=1S/C24H33N3O5/c1-3-32-24(31)19-12-9-14-26(16-19)21(29)17-25(2)23(30)22(18-10-5-4-6-11-18)27-15-8-7-13-20(27)28/h4-6,10-11,19,22H,3,7-9,12-17H2,1-2H3. The lowest BCUT2D eigenvalue weighted by Crippen LogP contribution is -2.50. The van der Waals surface area contributed by atoms with Gasteiger partial charge in [-0.1, -0.05) is 30.3 Å². The Morgan fingerprint density at radius 3 is 2.56 bits per heavy atom. The summed E-state index contributed by atoms with van der Waals surface area (Å²) in [5.74, 6) is -1.12. The molecule has 0 N–H and O–H groups in total. The summed E-state index contributed by atoms with van der Waals surface area (Å²) in [6.45, 7) is 3.38. The topological polar surface area (TPSA) is 87.2 Å². The molecule has 8 heteroatoms. The summed E-state index contributed by atoms with van der Waals surface area (Å²) in [5.41, 5.74) is 0.743. The smallest absolute Gasteiger partial charge is 0.310 e. The van der Waals surface area contributed by atoms with Gasteiger partial charge in [0.1, 0.15) is 6.04 Å². The van der Waals surface area contributed by atoms with E-state index in [1.807, 2.05) is 30.3 Å². The van der Waals surface area contributed by atoms with Crippen molar-refractivity contribution in [2.75, 3.05) is 39.8 Å². The molecule has 3 rings (SSSR count). The molecule has 174 valence electrons. The summed E-state index contributed by atoms with van der Waals surface area (Å²) >= 11 is 0. The predicted molar refractivity (Wildman–Crippen MR) is 118 cm³/mol. The van der Waals surface area contributed by atoms with Gasteiger partial charge in [-0.05, 0) is 38.2 Å².